The van der Waals surface area contributed by atoms with Crippen molar-refractivity contribution in [3.05, 3.63) is 22.4 Å². The summed E-state index contributed by atoms with van der Waals surface area (Å²) in [5.74, 6) is 0.149. The van der Waals surface area contributed by atoms with Gasteiger partial charge in [0.05, 0.1) is 6.54 Å². The Morgan fingerprint density at radius 2 is 2.11 bits per heavy atom. The Balaban J connectivity index is 0.00000180. The SMILES string of the molecule is Cl.NCC1(CC(=O)NCc2cccs2)CCCCC1. The van der Waals surface area contributed by atoms with Crippen molar-refractivity contribution >= 4 is 29.7 Å². The van der Waals surface area contributed by atoms with Gasteiger partial charge in [-0.3, -0.25) is 4.79 Å². The van der Waals surface area contributed by atoms with Gasteiger partial charge in [-0.15, -0.1) is 23.7 Å². The molecule has 1 heterocycles. The molecule has 1 aliphatic carbocycles. The standard InChI is InChI=1S/C14H22N2OS.ClH/c15-11-14(6-2-1-3-7-14)9-13(17)16-10-12-5-4-8-18-12;/h4-5,8H,1-3,6-7,9-11,15H2,(H,16,17);1H. The fourth-order valence-corrected chi connectivity index (χ4v) is 3.40. The predicted molar refractivity (Wildman–Crippen MR) is 82.6 cm³/mol. The fraction of sp³-hybridized carbons (Fsp3) is 0.643. The Morgan fingerprint density at radius 1 is 1.37 bits per heavy atom. The van der Waals surface area contributed by atoms with E-state index in [-0.39, 0.29) is 23.7 Å². The van der Waals surface area contributed by atoms with E-state index >= 15 is 0 Å². The lowest BCUT2D eigenvalue weighted by atomic mass is 9.71. The third-order valence-corrected chi connectivity index (χ3v) is 4.80. The molecule has 0 bridgehead atoms. The van der Waals surface area contributed by atoms with Crippen molar-refractivity contribution in [1.29, 1.82) is 0 Å². The summed E-state index contributed by atoms with van der Waals surface area (Å²) in [6.07, 6.45) is 6.53. The average molecular weight is 303 g/mol. The fourth-order valence-electron chi connectivity index (χ4n) is 2.76. The minimum Gasteiger partial charge on any atom is -0.351 e. The Kier molecular flexibility index (Phi) is 6.83. The van der Waals surface area contributed by atoms with Gasteiger partial charge >= 0.3 is 0 Å². The number of amides is 1. The van der Waals surface area contributed by atoms with Gasteiger partial charge in [-0.05, 0) is 36.2 Å². The van der Waals surface area contributed by atoms with E-state index in [0.29, 0.717) is 19.5 Å². The van der Waals surface area contributed by atoms with Crippen LogP contribution in [0.5, 0.6) is 0 Å². The van der Waals surface area contributed by atoms with Crippen molar-refractivity contribution in [3.63, 3.8) is 0 Å². The molecule has 19 heavy (non-hydrogen) atoms. The van der Waals surface area contributed by atoms with E-state index in [1.54, 1.807) is 11.3 Å². The Morgan fingerprint density at radius 3 is 2.68 bits per heavy atom. The van der Waals surface area contributed by atoms with Crippen LogP contribution in [0.3, 0.4) is 0 Å². The van der Waals surface area contributed by atoms with Crippen LogP contribution in [-0.4, -0.2) is 12.5 Å². The zero-order valence-electron chi connectivity index (χ0n) is 11.2. The van der Waals surface area contributed by atoms with Crippen molar-refractivity contribution in [2.24, 2.45) is 11.1 Å². The van der Waals surface area contributed by atoms with Crippen LogP contribution in [0.1, 0.15) is 43.4 Å². The third kappa shape index (κ3) is 4.79. The first-order valence-electron chi connectivity index (χ1n) is 6.73. The summed E-state index contributed by atoms with van der Waals surface area (Å²) in [6, 6.07) is 4.05. The number of hydrogen-bond donors (Lipinski definition) is 2. The van der Waals surface area contributed by atoms with Crippen LogP contribution in [0.2, 0.25) is 0 Å². The van der Waals surface area contributed by atoms with E-state index in [4.69, 9.17) is 5.73 Å². The quantitative estimate of drug-likeness (QED) is 0.878. The first kappa shape index (κ1) is 16.5. The molecule has 1 aromatic rings. The van der Waals surface area contributed by atoms with E-state index in [2.05, 4.69) is 5.32 Å². The summed E-state index contributed by atoms with van der Waals surface area (Å²) in [4.78, 5) is 13.2. The lowest BCUT2D eigenvalue weighted by Crippen LogP contribution is -2.38. The van der Waals surface area contributed by atoms with Crippen molar-refractivity contribution in [2.45, 2.75) is 45.1 Å². The number of carbonyl (C=O) groups is 1. The lowest BCUT2D eigenvalue weighted by Gasteiger charge is -2.35. The molecule has 5 heteroatoms. The molecular weight excluding hydrogens is 280 g/mol. The van der Waals surface area contributed by atoms with Crippen LogP contribution < -0.4 is 11.1 Å². The number of nitrogens with one attached hydrogen (secondary N) is 1. The van der Waals surface area contributed by atoms with Crippen LogP contribution in [0.15, 0.2) is 17.5 Å². The Labute approximate surface area is 125 Å². The molecular formula is C14H23ClN2OS. The van der Waals surface area contributed by atoms with Crippen molar-refractivity contribution < 1.29 is 4.79 Å². The molecule has 1 saturated carbocycles. The molecule has 0 spiro atoms. The van der Waals surface area contributed by atoms with Crippen LogP contribution in [0.25, 0.3) is 0 Å². The van der Waals surface area contributed by atoms with Gasteiger partial charge in [0.25, 0.3) is 0 Å². The highest BCUT2D eigenvalue weighted by molar-refractivity contribution is 7.09. The van der Waals surface area contributed by atoms with E-state index in [1.807, 2.05) is 17.5 Å². The summed E-state index contributed by atoms with van der Waals surface area (Å²) in [5.41, 5.74) is 5.97. The maximum absolute atomic E-state index is 12.0. The zero-order chi connectivity index (χ0) is 12.8. The molecule has 108 valence electrons. The molecule has 2 rings (SSSR count). The van der Waals surface area contributed by atoms with Crippen molar-refractivity contribution in [2.75, 3.05) is 6.54 Å². The number of hydrogen-bond acceptors (Lipinski definition) is 3. The Hall–Kier alpha value is -0.580. The first-order chi connectivity index (χ1) is 8.74. The van der Waals surface area contributed by atoms with Crippen LogP contribution in [0, 0.1) is 5.41 Å². The van der Waals surface area contributed by atoms with E-state index in [0.717, 1.165) is 12.8 Å². The highest BCUT2D eigenvalue weighted by Gasteiger charge is 2.32. The average Bonchev–Trinajstić information content (AvgIpc) is 2.91. The molecule has 1 amide bonds. The van der Waals surface area contributed by atoms with Crippen LogP contribution >= 0.6 is 23.7 Å². The molecule has 3 nitrogen and oxygen atoms in total. The van der Waals surface area contributed by atoms with Gasteiger partial charge in [-0.25, -0.2) is 0 Å². The molecule has 0 unspecified atom stereocenters. The van der Waals surface area contributed by atoms with Crippen LogP contribution in [-0.2, 0) is 11.3 Å². The molecule has 0 radical (unpaired) electrons. The number of thiophene rings is 1. The Bertz CT molecular complexity index is 375. The highest BCUT2D eigenvalue weighted by atomic mass is 35.5. The maximum atomic E-state index is 12.0. The number of carbonyl (C=O) groups excluding carboxylic acids is 1. The minimum atomic E-state index is 0. The predicted octanol–water partition coefficient (Wildman–Crippen LogP) is 3.09. The van der Waals surface area contributed by atoms with Crippen molar-refractivity contribution in [1.82, 2.24) is 5.32 Å². The highest BCUT2D eigenvalue weighted by Crippen LogP contribution is 2.38. The molecule has 1 fully saturated rings. The summed E-state index contributed by atoms with van der Waals surface area (Å²) < 4.78 is 0. The summed E-state index contributed by atoms with van der Waals surface area (Å²) >= 11 is 1.68. The molecule has 0 atom stereocenters. The van der Waals surface area contributed by atoms with Gasteiger partial charge in [0.1, 0.15) is 0 Å². The zero-order valence-corrected chi connectivity index (χ0v) is 12.8. The maximum Gasteiger partial charge on any atom is 0.220 e. The molecule has 0 saturated heterocycles. The van der Waals surface area contributed by atoms with Crippen LogP contribution in [0.4, 0.5) is 0 Å². The second-order valence-corrected chi connectivity index (χ2v) is 6.33. The first-order valence-corrected chi connectivity index (χ1v) is 7.61. The monoisotopic (exact) mass is 302 g/mol. The summed E-state index contributed by atoms with van der Waals surface area (Å²) in [7, 11) is 0. The minimum absolute atomic E-state index is 0. The molecule has 0 aliphatic heterocycles. The van der Waals surface area contributed by atoms with Gasteiger partial charge in [0.15, 0.2) is 0 Å². The van der Waals surface area contributed by atoms with Gasteiger partial charge in [0.2, 0.25) is 5.91 Å². The molecule has 3 N–H and O–H groups in total. The summed E-state index contributed by atoms with van der Waals surface area (Å²) in [6.45, 7) is 1.29. The molecule has 0 aromatic carbocycles. The second kappa shape index (κ2) is 7.88. The van der Waals surface area contributed by atoms with Crippen molar-refractivity contribution in [3.8, 4) is 0 Å². The van der Waals surface area contributed by atoms with Gasteiger partial charge in [-0.2, -0.15) is 0 Å². The van der Waals surface area contributed by atoms with Gasteiger partial charge in [-0.1, -0.05) is 25.3 Å². The smallest absolute Gasteiger partial charge is 0.220 e. The third-order valence-electron chi connectivity index (χ3n) is 3.92. The largest absolute Gasteiger partial charge is 0.351 e. The topological polar surface area (TPSA) is 55.1 Å². The second-order valence-electron chi connectivity index (χ2n) is 5.30. The van der Waals surface area contributed by atoms with E-state index in [9.17, 15) is 4.79 Å². The number of nitrogens with two attached hydrogens (primary N) is 1. The number of halogens is 1. The van der Waals surface area contributed by atoms with Gasteiger partial charge < -0.3 is 11.1 Å². The van der Waals surface area contributed by atoms with E-state index < -0.39 is 0 Å². The number of rotatable bonds is 5. The lowest BCUT2D eigenvalue weighted by molar-refractivity contribution is -0.124. The van der Waals surface area contributed by atoms with Gasteiger partial charge in [0, 0.05) is 11.3 Å². The van der Waals surface area contributed by atoms with E-state index in [1.165, 1.54) is 24.1 Å². The molecule has 1 aliphatic rings. The normalized spacial score (nSPS) is 17.5. The molecule has 1 aromatic heterocycles. The summed E-state index contributed by atoms with van der Waals surface area (Å²) in [5, 5.41) is 5.04.